The molecule has 0 amide bonds. The van der Waals surface area contributed by atoms with Gasteiger partial charge in [-0.05, 0) is 24.3 Å². The highest BCUT2D eigenvalue weighted by atomic mass is 32.2. The fraction of sp³-hybridized carbons (Fsp3) is 0.0833. The Labute approximate surface area is 115 Å². The van der Waals surface area contributed by atoms with Gasteiger partial charge in [0.2, 0.25) is 0 Å². The van der Waals surface area contributed by atoms with Crippen LogP contribution < -0.4 is 10.0 Å². The summed E-state index contributed by atoms with van der Waals surface area (Å²) in [5, 5.41) is 10.4. The van der Waals surface area contributed by atoms with Gasteiger partial charge in [0.1, 0.15) is 4.21 Å². The topological polar surface area (TPSA) is 87.2 Å². The first-order valence-electron chi connectivity index (χ1n) is 5.28. The third-order valence-corrected chi connectivity index (χ3v) is 5.77. The second-order valence-corrected chi connectivity index (χ2v) is 6.94. The molecule has 2 aromatic rings. The third-order valence-electron chi connectivity index (χ3n) is 2.55. The van der Waals surface area contributed by atoms with Crippen LogP contribution in [0.25, 0.3) is 0 Å². The van der Waals surface area contributed by atoms with Gasteiger partial charge in [-0.2, -0.15) is 5.26 Å². The third kappa shape index (κ3) is 2.54. The van der Waals surface area contributed by atoms with E-state index >= 15 is 0 Å². The van der Waals surface area contributed by atoms with Crippen molar-refractivity contribution in [3.63, 3.8) is 0 Å². The van der Waals surface area contributed by atoms with Crippen molar-refractivity contribution in [3.05, 3.63) is 41.3 Å². The number of nitrogen functional groups attached to an aromatic ring is 1. The van der Waals surface area contributed by atoms with Crippen LogP contribution in [0.2, 0.25) is 0 Å². The Hall–Kier alpha value is -2.04. The molecule has 0 aliphatic heterocycles. The lowest BCUT2D eigenvalue weighted by Crippen LogP contribution is -2.25. The predicted octanol–water partition coefficient (Wildman–Crippen LogP) is 2.03. The molecule has 0 saturated heterocycles. The summed E-state index contributed by atoms with van der Waals surface area (Å²) in [5.74, 6) is 0. The predicted molar refractivity (Wildman–Crippen MR) is 75.5 cm³/mol. The van der Waals surface area contributed by atoms with Crippen LogP contribution in [0, 0.1) is 11.3 Å². The minimum Gasteiger partial charge on any atom is -0.398 e. The number of benzene rings is 1. The number of thiophene rings is 1. The second kappa shape index (κ2) is 4.91. The van der Waals surface area contributed by atoms with Gasteiger partial charge in [-0.25, -0.2) is 8.42 Å². The summed E-state index contributed by atoms with van der Waals surface area (Å²) in [7, 11) is -2.19. The molecule has 0 unspecified atom stereocenters. The Morgan fingerprint density at radius 1 is 1.37 bits per heavy atom. The van der Waals surface area contributed by atoms with E-state index in [0.717, 1.165) is 15.6 Å². The second-order valence-electron chi connectivity index (χ2n) is 3.83. The van der Waals surface area contributed by atoms with Crippen molar-refractivity contribution in [2.75, 3.05) is 17.1 Å². The SMILES string of the molecule is CN(c1cccc(C#N)c1)S(=O)(=O)c1cc(N)cs1. The van der Waals surface area contributed by atoms with Crippen molar-refractivity contribution in [2.45, 2.75) is 4.21 Å². The summed E-state index contributed by atoms with van der Waals surface area (Å²) in [5.41, 5.74) is 6.81. The number of nitrogens with two attached hydrogens (primary N) is 1. The highest BCUT2D eigenvalue weighted by Crippen LogP contribution is 2.28. The standard InChI is InChI=1S/C12H11N3O2S2/c1-15(11-4-2-3-9(5-11)7-13)19(16,17)12-6-10(14)8-18-12/h2-6,8H,14H2,1H3. The maximum atomic E-state index is 12.3. The summed E-state index contributed by atoms with van der Waals surface area (Å²) in [6.07, 6.45) is 0. The van der Waals surface area contributed by atoms with E-state index in [1.165, 1.54) is 19.2 Å². The van der Waals surface area contributed by atoms with Gasteiger partial charge in [-0.15, -0.1) is 11.3 Å². The van der Waals surface area contributed by atoms with E-state index in [1.807, 2.05) is 6.07 Å². The van der Waals surface area contributed by atoms with Crippen molar-refractivity contribution in [1.29, 1.82) is 5.26 Å². The van der Waals surface area contributed by atoms with E-state index in [9.17, 15) is 8.42 Å². The molecule has 5 nitrogen and oxygen atoms in total. The Balaban J connectivity index is 2.43. The molecular weight excluding hydrogens is 282 g/mol. The Morgan fingerprint density at radius 3 is 2.68 bits per heavy atom. The van der Waals surface area contributed by atoms with Crippen LogP contribution in [0.4, 0.5) is 11.4 Å². The Kier molecular flexibility index (Phi) is 3.46. The summed E-state index contributed by atoms with van der Waals surface area (Å²) in [4.78, 5) is 0. The van der Waals surface area contributed by atoms with Gasteiger partial charge in [0.15, 0.2) is 0 Å². The highest BCUT2D eigenvalue weighted by Gasteiger charge is 2.23. The first-order chi connectivity index (χ1) is 8.95. The number of hydrogen-bond acceptors (Lipinski definition) is 5. The average molecular weight is 293 g/mol. The molecular formula is C12H11N3O2S2. The summed E-state index contributed by atoms with van der Waals surface area (Å²) >= 11 is 1.07. The summed E-state index contributed by atoms with van der Waals surface area (Å²) in [6, 6.07) is 9.82. The van der Waals surface area contributed by atoms with Gasteiger partial charge in [0, 0.05) is 18.1 Å². The van der Waals surface area contributed by atoms with Crippen molar-refractivity contribution in [2.24, 2.45) is 0 Å². The van der Waals surface area contributed by atoms with E-state index in [1.54, 1.807) is 23.6 Å². The Bertz CT molecular complexity index is 744. The molecule has 0 saturated carbocycles. The molecule has 0 spiro atoms. The fourth-order valence-corrected chi connectivity index (χ4v) is 3.95. The molecule has 2 N–H and O–H groups in total. The number of nitriles is 1. The van der Waals surface area contributed by atoms with Crippen molar-refractivity contribution < 1.29 is 8.42 Å². The lowest BCUT2D eigenvalue weighted by atomic mass is 10.2. The summed E-state index contributed by atoms with van der Waals surface area (Å²) < 4.78 is 26.0. The maximum absolute atomic E-state index is 12.3. The van der Waals surface area contributed by atoms with Crippen LogP contribution in [0.5, 0.6) is 0 Å². The van der Waals surface area contributed by atoms with Gasteiger partial charge in [-0.1, -0.05) is 6.07 Å². The van der Waals surface area contributed by atoms with Crippen molar-refractivity contribution in [3.8, 4) is 6.07 Å². The molecule has 1 aromatic heterocycles. The molecule has 2 rings (SSSR count). The summed E-state index contributed by atoms with van der Waals surface area (Å²) in [6.45, 7) is 0. The van der Waals surface area contributed by atoms with Gasteiger partial charge >= 0.3 is 0 Å². The van der Waals surface area contributed by atoms with Crippen LogP contribution in [0.3, 0.4) is 0 Å². The molecule has 0 radical (unpaired) electrons. The monoisotopic (exact) mass is 293 g/mol. The quantitative estimate of drug-likeness (QED) is 0.938. The van der Waals surface area contributed by atoms with Crippen LogP contribution in [0.1, 0.15) is 5.56 Å². The largest absolute Gasteiger partial charge is 0.398 e. The van der Waals surface area contributed by atoms with Gasteiger partial charge in [-0.3, -0.25) is 4.31 Å². The minimum absolute atomic E-state index is 0.176. The number of nitrogens with zero attached hydrogens (tertiary/aromatic N) is 2. The molecule has 0 fully saturated rings. The van der Waals surface area contributed by atoms with Crippen LogP contribution in [-0.4, -0.2) is 15.5 Å². The smallest absolute Gasteiger partial charge is 0.273 e. The molecule has 0 atom stereocenters. The highest BCUT2D eigenvalue weighted by molar-refractivity contribution is 7.94. The van der Waals surface area contributed by atoms with Crippen molar-refractivity contribution >= 4 is 32.7 Å². The van der Waals surface area contributed by atoms with E-state index < -0.39 is 10.0 Å². The van der Waals surface area contributed by atoms with Gasteiger partial charge in [0.25, 0.3) is 10.0 Å². The van der Waals surface area contributed by atoms with Crippen LogP contribution in [0.15, 0.2) is 39.9 Å². The first-order valence-corrected chi connectivity index (χ1v) is 7.60. The number of rotatable bonds is 3. The van der Waals surface area contributed by atoms with E-state index in [-0.39, 0.29) is 4.21 Å². The molecule has 1 heterocycles. The zero-order valence-electron chi connectivity index (χ0n) is 10.1. The van der Waals surface area contributed by atoms with E-state index in [2.05, 4.69) is 0 Å². The van der Waals surface area contributed by atoms with Gasteiger partial charge in [0.05, 0.1) is 17.3 Å². The lowest BCUT2D eigenvalue weighted by Gasteiger charge is -2.18. The maximum Gasteiger partial charge on any atom is 0.273 e. The first kappa shape index (κ1) is 13.4. The molecule has 98 valence electrons. The normalized spacial score (nSPS) is 10.9. The molecule has 19 heavy (non-hydrogen) atoms. The lowest BCUT2D eigenvalue weighted by molar-refractivity contribution is 0.596. The minimum atomic E-state index is -3.63. The molecule has 0 aliphatic rings. The van der Waals surface area contributed by atoms with E-state index in [0.29, 0.717) is 16.9 Å². The van der Waals surface area contributed by atoms with Crippen LogP contribution >= 0.6 is 11.3 Å². The fourth-order valence-electron chi connectivity index (χ4n) is 1.51. The molecule has 7 heteroatoms. The van der Waals surface area contributed by atoms with E-state index in [4.69, 9.17) is 11.0 Å². The van der Waals surface area contributed by atoms with Crippen molar-refractivity contribution in [1.82, 2.24) is 0 Å². The van der Waals surface area contributed by atoms with Gasteiger partial charge < -0.3 is 5.73 Å². The Morgan fingerprint density at radius 2 is 2.11 bits per heavy atom. The van der Waals surface area contributed by atoms with Crippen LogP contribution in [-0.2, 0) is 10.0 Å². The number of sulfonamides is 1. The average Bonchev–Trinajstić information content (AvgIpc) is 2.85. The zero-order chi connectivity index (χ0) is 14.0. The molecule has 0 aliphatic carbocycles. The number of anilines is 2. The zero-order valence-corrected chi connectivity index (χ0v) is 11.7. The molecule has 1 aromatic carbocycles. The number of hydrogen-bond donors (Lipinski definition) is 1. The molecule has 0 bridgehead atoms.